The highest BCUT2D eigenvalue weighted by atomic mass is 32.2. The summed E-state index contributed by atoms with van der Waals surface area (Å²) in [5, 5.41) is 3.21. The smallest absolute Gasteiger partial charge is 0.264 e. The van der Waals surface area contributed by atoms with Crippen molar-refractivity contribution in [1.29, 1.82) is 0 Å². The van der Waals surface area contributed by atoms with E-state index in [0.29, 0.717) is 10.6 Å². The van der Waals surface area contributed by atoms with E-state index >= 15 is 0 Å². The number of rotatable bonds is 3. The van der Waals surface area contributed by atoms with Gasteiger partial charge in [-0.1, -0.05) is 6.07 Å². The molecule has 0 unspecified atom stereocenters. The second-order valence-corrected chi connectivity index (χ2v) is 6.68. The molecule has 1 aromatic carbocycles. The average Bonchev–Trinajstić information content (AvgIpc) is 2.94. The van der Waals surface area contributed by atoms with Crippen LogP contribution in [-0.2, 0) is 23.1 Å². The first-order valence-electron chi connectivity index (χ1n) is 6.30. The number of anilines is 1. The predicted octanol–water partition coefficient (Wildman–Crippen LogP) is 1.51. The lowest BCUT2D eigenvalue weighted by Crippen LogP contribution is -2.26. The van der Waals surface area contributed by atoms with Crippen LogP contribution in [-0.4, -0.2) is 20.4 Å². The largest absolute Gasteiger partial charge is 0.309 e. The number of pyridine rings is 1. The number of benzene rings is 1. The molecule has 0 fully saturated rings. The van der Waals surface area contributed by atoms with Gasteiger partial charge in [0.05, 0.1) is 10.6 Å². The van der Waals surface area contributed by atoms with Crippen LogP contribution in [0.15, 0.2) is 47.6 Å². The van der Waals surface area contributed by atoms with Gasteiger partial charge in [0, 0.05) is 32.5 Å². The van der Waals surface area contributed by atoms with Crippen LogP contribution in [0.2, 0.25) is 0 Å². The standard InChI is InChI=1S/C14H15N3O2S/c1-17(13-4-6-15-7-5-13)20(18,19)14-3-2-11-9-16-10-12(11)8-14/h2-8,16H,9-10H2,1H3. The molecule has 104 valence electrons. The molecule has 1 aromatic heterocycles. The van der Waals surface area contributed by atoms with Crippen molar-refractivity contribution in [2.45, 2.75) is 18.0 Å². The Balaban J connectivity index is 2.00. The number of hydrogen-bond acceptors (Lipinski definition) is 4. The lowest BCUT2D eigenvalue weighted by Gasteiger charge is -2.19. The summed E-state index contributed by atoms with van der Waals surface area (Å²) in [4.78, 5) is 4.22. The number of nitrogens with one attached hydrogen (secondary N) is 1. The van der Waals surface area contributed by atoms with Crippen molar-refractivity contribution in [2.24, 2.45) is 0 Å². The second-order valence-electron chi connectivity index (χ2n) is 4.71. The molecule has 5 nitrogen and oxygen atoms in total. The van der Waals surface area contributed by atoms with Crippen LogP contribution in [0.1, 0.15) is 11.1 Å². The van der Waals surface area contributed by atoms with Crippen LogP contribution in [0, 0.1) is 0 Å². The van der Waals surface area contributed by atoms with Gasteiger partial charge >= 0.3 is 0 Å². The molecule has 0 saturated carbocycles. The normalized spacial score (nSPS) is 14.1. The van der Waals surface area contributed by atoms with Gasteiger partial charge in [0.2, 0.25) is 0 Å². The highest BCUT2D eigenvalue weighted by Gasteiger charge is 2.23. The maximum Gasteiger partial charge on any atom is 0.264 e. The first-order chi connectivity index (χ1) is 9.59. The summed E-state index contributed by atoms with van der Waals surface area (Å²) in [6.45, 7) is 1.52. The van der Waals surface area contributed by atoms with Crippen LogP contribution in [0.5, 0.6) is 0 Å². The van der Waals surface area contributed by atoms with E-state index in [1.165, 1.54) is 4.31 Å². The molecule has 1 aliphatic rings. The van der Waals surface area contributed by atoms with E-state index in [1.807, 2.05) is 6.07 Å². The first kappa shape index (κ1) is 13.1. The zero-order chi connectivity index (χ0) is 14.2. The number of hydrogen-bond donors (Lipinski definition) is 1. The van der Waals surface area contributed by atoms with E-state index in [9.17, 15) is 8.42 Å². The van der Waals surface area contributed by atoms with Gasteiger partial charge in [-0.3, -0.25) is 9.29 Å². The molecular weight excluding hydrogens is 274 g/mol. The van der Waals surface area contributed by atoms with E-state index in [4.69, 9.17) is 0 Å². The molecule has 20 heavy (non-hydrogen) atoms. The van der Waals surface area contributed by atoms with Gasteiger partial charge in [-0.25, -0.2) is 8.42 Å². The van der Waals surface area contributed by atoms with E-state index in [-0.39, 0.29) is 0 Å². The van der Waals surface area contributed by atoms with Gasteiger partial charge in [0.15, 0.2) is 0 Å². The maximum absolute atomic E-state index is 12.6. The maximum atomic E-state index is 12.6. The minimum Gasteiger partial charge on any atom is -0.309 e. The summed E-state index contributed by atoms with van der Waals surface area (Å²) < 4.78 is 26.5. The molecule has 0 radical (unpaired) electrons. The Morgan fingerprint density at radius 1 is 1.10 bits per heavy atom. The number of sulfonamides is 1. The molecule has 1 aliphatic heterocycles. The minimum absolute atomic E-state index is 0.319. The highest BCUT2D eigenvalue weighted by molar-refractivity contribution is 7.92. The van der Waals surface area contributed by atoms with Crippen molar-refractivity contribution in [1.82, 2.24) is 10.3 Å². The number of fused-ring (bicyclic) bond motifs is 1. The molecule has 0 spiro atoms. The molecule has 3 rings (SSSR count). The molecular formula is C14H15N3O2S. The summed E-state index contributed by atoms with van der Waals surface area (Å²) in [6.07, 6.45) is 3.15. The Kier molecular flexibility index (Phi) is 3.19. The third kappa shape index (κ3) is 2.17. The van der Waals surface area contributed by atoms with Crippen molar-refractivity contribution in [3.63, 3.8) is 0 Å². The zero-order valence-electron chi connectivity index (χ0n) is 11.1. The third-order valence-electron chi connectivity index (χ3n) is 3.49. The quantitative estimate of drug-likeness (QED) is 0.930. The van der Waals surface area contributed by atoms with E-state index in [1.54, 1.807) is 43.7 Å². The first-order valence-corrected chi connectivity index (χ1v) is 7.74. The van der Waals surface area contributed by atoms with Gasteiger partial charge in [-0.05, 0) is 35.4 Å². The Morgan fingerprint density at radius 2 is 1.80 bits per heavy atom. The fourth-order valence-corrected chi connectivity index (χ4v) is 3.53. The summed E-state index contributed by atoms with van der Waals surface area (Å²) in [5.41, 5.74) is 2.81. The molecule has 2 aromatic rings. The van der Waals surface area contributed by atoms with Gasteiger partial charge in [0.25, 0.3) is 10.0 Å². The van der Waals surface area contributed by atoms with Crippen molar-refractivity contribution in [3.8, 4) is 0 Å². The fourth-order valence-electron chi connectivity index (χ4n) is 2.28. The third-order valence-corrected chi connectivity index (χ3v) is 5.27. The van der Waals surface area contributed by atoms with Crippen molar-refractivity contribution in [3.05, 3.63) is 53.9 Å². The lowest BCUT2D eigenvalue weighted by atomic mass is 10.1. The minimum atomic E-state index is -3.54. The van der Waals surface area contributed by atoms with Crippen LogP contribution in [0.25, 0.3) is 0 Å². The molecule has 0 bridgehead atoms. The van der Waals surface area contributed by atoms with Crippen LogP contribution in [0.3, 0.4) is 0 Å². The summed E-state index contributed by atoms with van der Waals surface area (Å²) in [5.74, 6) is 0. The van der Waals surface area contributed by atoms with Crippen molar-refractivity contribution < 1.29 is 8.42 Å². The van der Waals surface area contributed by atoms with E-state index in [2.05, 4.69) is 10.3 Å². The van der Waals surface area contributed by atoms with Gasteiger partial charge in [0.1, 0.15) is 0 Å². The van der Waals surface area contributed by atoms with Crippen molar-refractivity contribution >= 4 is 15.7 Å². The molecule has 0 amide bonds. The predicted molar refractivity (Wildman–Crippen MR) is 76.8 cm³/mol. The topological polar surface area (TPSA) is 62.3 Å². The van der Waals surface area contributed by atoms with Gasteiger partial charge < -0.3 is 5.32 Å². The van der Waals surface area contributed by atoms with Gasteiger partial charge in [-0.15, -0.1) is 0 Å². The Labute approximate surface area is 118 Å². The number of nitrogens with zero attached hydrogens (tertiary/aromatic N) is 2. The average molecular weight is 289 g/mol. The van der Waals surface area contributed by atoms with Crippen LogP contribution >= 0.6 is 0 Å². The Hall–Kier alpha value is -1.92. The SMILES string of the molecule is CN(c1ccncc1)S(=O)(=O)c1ccc2c(c1)CNC2. The monoisotopic (exact) mass is 289 g/mol. The van der Waals surface area contributed by atoms with E-state index in [0.717, 1.165) is 24.2 Å². The zero-order valence-corrected chi connectivity index (χ0v) is 11.9. The fraction of sp³-hybridized carbons (Fsp3) is 0.214. The number of aromatic nitrogens is 1. The van der Waals surface area contributed by atoms with Crippen LogP contribution < -0.4 is 9.62 Å². The van der Waals surface area contributed by atoms with Gasteiger partial charge in [-0.2, -0.15) is 0 Å². The summed E-state index contributed by atoms with van der Waals surface area (Å²) in [7, 11) is -1.98. The highest BCUT2D eigenvalue weighted by Crippen LogP contribution is 2.24. The summed E-state index contributed by atoms with van der Waals surface area (Å²) in [6, 6.07) is 8.64. The molecule has 0 atom stereocenters. The molecule has 0 saturated heterocycles. The second kappa shape index (κ2) is 4.88. The molecule has 2 heterocycles. The van der Waals surface area contributed by atoms with Crippen LogP contribution in [0.4, 0.5) is 5.69 Å². The molecule has 1 N–H and O–H groups in total. The molecule has 6 heteroatoms. The lowest BCUT2D eigenvalue weighted by molar-refractivity contribution is 0.594. The Morgan fingerprint density at radius 3 is 2.55 bits per heavy atom. The Bertz CT molecular complexity index is 729. The molecule has 0 aliphatic carbocycles. The van der Waals surface area contributed by atoms with E-state index < -0.39 is 10.0 Å². The summed E-state index contributed by atoms with van der Waals surface area (Å²) >= 11 is 0. The van der Waals surface area contributed by atoms with Crippen molar-refractivity contribution in [2.75, 3.05) is 11.4 Å².